The average Bonchev–Trinajstić information content (AvgIpc) is 1.76. The highest BCUT2D eigenvalue weighted by atomic mass is 35.7. The Morgan fingerprint density at radius 3 is 1.02 bits per heavy atom. The summed E-state index contributed by atoms with van der Waals surface area (Å²) in [6, 6.07) is 48.5. The molecule has 6 aromatic carbocycles. The van der Waals surface area contributed by atoms with E-state index in [1.54, 1.807) is 68.6 Å². The molecular formula is C90H101ClN18O16S2. The number of carboxylic acids is 1. The molecule has 127 heavy (non-hydrogen) atoms. The van der Waals surface area contributed by atoms with Crippen LogP contribution in [0.1, 0.15) is 71.9 Å². The van der Waals surface area contributed by atoms with E-state index in [9.17, 15) is 55.2 Å². The summed E-state index contributed by atoms with van der Waals surface area (Å²) < 4.78 is 61.3. The fourth-order valence-electron chi connectivity index (χ4n) is 14.7. The molecule has 0 radical (unpaired) electrons. The van der Waals surface area contributed by atoms with Crippen LogP contribution in [0.15, 0.2) is 231 Å². The number of aliphatic carboxylic acids is 1. The third kappa shape index (κ3) is 24.2. The molecule has 18 aromatic rings. The number of nitrogens with one attached hydrogen (secondary N) is 7. The average molecular weight is 1790 g/mol. The molecule has 0 amide bonds. The van der Waals surface area contributed by atoms with Crippen molar-refractivity contribution in [2.45, 2.75) is 90.1 Å². The van der Waals surface area contributed by atoms with Gasteiger partial charge in [-0.1, -0.05) is 109 Å². The zero-order valence-corrected chi connectivity index (χ0v) is 74.0. The summed E-state index contributed by atoms with van der Waals surface area (Å²) in [6.45, 7) is 1.26. The van der Waals surface area contributed by atoms with Gasteiger partial charge in [0.1, 0.15) is 0 Å². The predicted molar refractivity (Wildman–Crippen MR) is 495 cm³/mol. The van der Waals surface area contributed by atoms with E-state index in [1.165, 1.54) is 91.0 Å². The van der Waals surface area contributed by atoms with E-state index >= 15 is 0 Å². The van der Waals surface area contributed by atoms with Crippen LogP contribution in [0.4, 0.5) is 0 Å². The summed E-state index contributed by atoms with van der Waals surface area (Å²) in [6.07, 6.45) is 26.6. The van der Waals surface area contributed by atoms with Crippen molar-refractivity contribution in [3.05, 3.63) is 298 Å². The van der Waals surface area contributed by atoms with Crippen LogP contribution in [-0.4, -0.2) is 158 Å². The Bertz CT molecular complexity index is 7310. The minimum Gasteiger partial charge on any atom is -0.481 e. The van der Waals surface area contributed by atoms with E-state index in [2.05, 4.69) is 102 Å². The molecule has 12 heterocycles. The van der Waals surface area contributed by atoms with Gasteiger partial charge in [0.25, 0.3) is 26.8 Å². The number of carboxylic acid groups (broad SMARTS) is 1. The number of aryl methyl sites for hydroxylation is 12. The molecule has 18 rings (SSSR count). The van der Waals surface area contributed by atoms with Gasteiger partial charge in [-0.15, -0.1) is 0 Å². The van der Waals surface area contributed by atoms with Crippen molar-refractivity contribution in [3.8, 4) is 0 Å². The predicted octanol–water partition coefficient (Wildman–Crippen LogP) is 10.9. The molecule has 9 N–H and O–H groups in total. The van der Waals surface area contributed by atoms with Gasteiger partial charge in [-0.2, -0.15) is 8.42 Å². The number of nitrogens with zero attached hydrogens (tertiary/aromatic N) is 11. The first-order valence-electron chi connectivity index (χ1n) is 40.6. The van der Waals surface area contributed by atoms with Gasteiger partial charge in [0.05, 0.1) is 45.2 Å². The van der Waals surface area contributed by atoms with Crippen molar-refractivity contribution in [2.75, 3.05) is 32.8 Å². The standard InChI is InChI=1S/2C18H19N5O2.C12H15NO3S.C12H13NO2.C11H11NO2.C11H13NO.C7H8N4O2.CH3ClO2S/c2*1-21-11-20-16-15(21)17(24)23(18(25)22(16)2)9-5-6-12-10-19-14-8-4-3-7-13(12)14;1-17(14,15)16-8-4-5-10-9-13-12-7-3-2-6-11(10)12;1-15-12(14)7-6-9-8-13-11-5-3-2-4-10(9)11;13-11(14)6-5-8-7-12-10-4-2-1-3-9(8)10;13-7-3-4-9-8-12-11-6-2-1-5-10(9)11;1-10-3-8-5-4(10)6(12)9-7(13)11(5)2;1-5(2,3)4/h2*3-4,7-8,10-11,19H,5-6,9H2,1-2H3;2-3,6-7,9,13H,4-5,8H2,1H3;2-5,8,13H,6-7H2,1H3;1-4,7,12H,5-6H2,(H,13,14);1-2,5-6,8,12-13H,3-4,7H2;3H,1-2H3,(H,9,12,13);1H3. The number of halogens is 1. The maximum Gasteiger partial charge on any atom is 0.332 e. The van der Waals surface area contributed by atoms with E-state index in [1.807, 2.05) is 146 Å². The molecule has 37 heteroatoms. The molecule has 666 valence electrons. The Balaban J connectivity index is 0.000000145. The lowest BCUT2D eigenvalue weighted by Crippen LogP contribution is -2.39. The van der Waals surface area contributed by atoms with Crippen molar-refractivity contribution in [2.24, 2.45) is 42.3 Å². The number of para-hydroxylation sites is 6. The molecule has 0 bridgehead atoms. The lowest BCUT2D eigenvalue weighted by Gasteiger charge is -2.08. The van der Waals surface area contributed by atoms with Crippen LogP contribution in [-0.2, 0) is 132 Å². The summed E-state index contributed by atoms with van der Waals surface area (Å²) in [5, 5.41) is 24.4. The molecule has 0 aliphatic heterocycles. The number of H-pyrrole nitrogens is 7. The highest BCUT2D eigenvalue weighted by Gasteiger charge is 2.19. The zero-order chi connectivity index (χ0) is 91.2. The van der Waals surface area contributed by atoms with Crippen molar-refractivity contribution < 1.29 is 45.6 Å². The van der Waals surface area contributed by atoms with Crippen LogP contribution in [0.2, 0.25) is 0 Å². The highest BCUT2D eigenvalue weighted by molar-refractivity contribution is 8.13. The summed E-state index contributed by atoms with van der Waals surface area (Å²) >= 11 is 0. The molecule has 12 aromatic heterocycles. The summed E-state index contributed by atoms with van der Waals surface area (Å²) in [5.41, 5.74) is 14.3. The van der Waals surface area contributed by atoms with E-state index in [0.717, 1.165) is 95.1 Å². The number of esters is 1. The van der Waals surface area contributed by atoms with Gasteiger partial charge in [-0.3, -0.25) is 56.0 Å². The Morgan fingerprint density at radius 1 is 0.417 bits per heavy atom. The quantitative estimate of drug-likeness (QED) is 0.0132. The number of aromatic amines is 7. The molecule has 0 saturated heterocycles. The maximum atomic E-state index is 12.7. The molecule has 0 saturated carbocycles. The summed E-state index contributed by atoms with van der Waals surface area (Å²) in [4.78, 5) is 128. The second-order valence-corrected chi connectivity index (χ2v) is 34.7. The van der Waals surface area contributed by atoms with Crippen LogP contribution in [0, 0.1) is 0 Å². The third-order valence-electron chi connectivity index (χ3n) is 21.0. The van der Waals surface area contributed by atoms with Crippen LogP contribution < -0.4 is 33.7 Å². The number of imidazole rings is 3. The smallest absolute Gasteiger partial charge is 0.332 e. The minimum atomic E-state index is -3.32. The number of rotatable bonds is 22. The Morgan fingerprint density at radius 2 is 0.709 bits per heavy atom. The number of carbonyl (C=O) groups excluding carboxylic acids is 1. The Hall–Kier alpha value is -13.9. The molecule has 0 atom stereocenters. The number of aliphatic hydroxyl groups excluding tert-OH is 1. The molecule has 0 fully saturated rings. The fraction of sp³-hybridized carbons (Fsp3) is 0.278. The van der Waals surface area contributed by atoms with Crippen LogP contribution >= 0.6 is 10.7 Å². The van der Waals surface area contributed by atoms with E-state index in [4.69, 9.17) is 14.4 Å². The second-order valence-electron chi connectivity index (χ2n) is 30.0. The first kappa shape index (κ1) is 93.8. The third-order valence-corrected chi connectivity index (χ3v) is 21.6. The van der Waals surface area contributed by atoms with Gasteiger partial charge in [-0.05, 0) is 134 Å². The van der Waals surface area contributed by atoms with Gasteiger partial charge in [-0.25, -0.2) is 37.8 Å². The molecule has 34 nitrogen and oxygen atoms in total. The Kier molecular flexibility index (Phi) is 31.8. The first-order valence-corrected chi connectivity index (χ1v) is 45.1. The van der Waals surface area contributed by atoms with Crippen LogP contribution in [0.5, 0.6) is 0 Å². The monoisotopic (exact) mass is 1790 g/mol. The number of aromatic nitrogens is 18. The Labute approximate surface area is 731 Å². The van der Waals surface area contributed by atoms with Gasteiger partial charge >= 0.3 is 29.0 Å². The second kappa shape index (κ2) is 43.1. The number of hydrogen-bond donors (Lipinski definition) is 9. The van der Waals surface area contributed by atoms with Gasteiger partial charge in [0.2, 0.25) is 9.05 Å². The molecular weight excluding hydrogens is 1690 g/mol. The molecule has 0 unspecified atom stereocenters. The van der Waals surface area contributed by atoms with Crippen molar-refractivity contribution >= 4 is 141 Å². The zero-order valence-electron chi connectivity index (χ0n) is 71.6. The summed E-state index contributed by atoms with van der Waals surface area (Å²) in [7, 11) is 9.49. The normalized spacial score (nSPS) is 11.3. The lowest BCUT2D eigenvalue weighted by molar-refractivity contribution is -0.140. The first-order chi connectivity index (χ1) is 60.8. The minimum absolute atomic E-state index is 0.166. The number of benzene rings is 6. The maximum absolute atomic E-state index is 12.7. The van der Waals surface area contributed by atoms with Crippen LogP contribution in [0.3, 0.4) is 0 Å². The molecule has 0 spiro atoms. The van der Waals surface area contributed by atoms with Crippen molar-refractivity contribution in [1.29, 1.82) is 0 Å². The highest BCUT2D eigenvalue weighted by Crippen LogP contribution is 2.25. The molecule has 0 aliphatic carbocycles. The lowest BCUT2D eigenvalue weighted by atomic mass is 10.1. The number of fused-ring (bicyclic) bond motifs is 9. The summed E-state index contributed by atoms with van der Waals surface area (Å²) in [5.74, 6) is -0.921. The van der Waals surface area contributed by atoms with E-state index < -0.39 is 36.4 Å². The number of aliphatic hydroxyl groups is 1. The van der Waals surface area contributed by atoms with Crippen molar-refractivity contribution in [3.63, 3.8) is 0 Å². The van der Waals surface area contributed by atoms with E-state index in [-0.39, 0.29) is 48.1 Å². The largest absolute Gasteiger partial charge is 0.481 e. The van der Waals surface area contributed by atoms with Crippen LogP contribution in [0.25, 0.3) is 98.9 Å². The number of ether oxygens (including phenoxy) is 1. The topological polar surface area (TPSA) is 452 Å². The number of carbonyl (C=O) groups is 2. The SMILES string of the molecule is COC(=O)CCc1c[nH]c2ccccc12.CS(=O)(=O)Cl.CS(=O)(=O)OCCCc1c[nH]c2ccccc12.Cn1cnc2c1c(=O)[nH]c(=O)n2C.Cn1cnc2c1c(=O)n(CCCc1c[nH]c3ccccc13)c(=O)n2C.Cn1cnc2c1c(=O)n(CCCc1c[nH]c3ccccc13)c(=O)n2C.O=C(O)CCc1c[nH]c2ccccc12.OCCCc1c[nH]c2ccccc12. The van der Waals surface area contributed by atoms with Crippen molar-refractivity contribution in [1.82, 2.24) is 86.4 Å². The van der Waals surface area contributed by atoms with Gasteiger partial charge < -0.3 is 58.6 Å². The number of methoxy groups -OCH3 is 1. The molecule has 0 aliphatic rings. The fourth-order valence-corrected chi connectivity index (χ4v) is 15.1. The van der Waals surface area contributed by atoms with E-state index in [0.29, 0.717) is 78.7 Å². The van der Waals surface area contributed by atoms with Gasteiger partial charge in [0, 0.05) is 188 Å². The number of hydrogen-bond acceptors (Lipinski definition) is 18. The van der Waals surface area contributed by atoms with Gasteiger partial charge in [0.15, 0.2) is 33.5 Å².